The minimum absolute atomic E-state index is 0.294. The maximum absolute atomic E-state index is 12.3. The van der Waals surface area contributed by atoms with Crippen molar-refractivity contribution in [1.29, 1.82) is 0 Å². The zero-order valence-corrected chi connectivity index (χ0v) is 13.3. The van der Waals surface area contributed by atoms with E-state index in [-0.39, 0.29) is 0 Å². The van der Waals surface area contributed by atoms with Crippen LogP contribution in [0.15, 0.2) is 6.07 Å². The van der Waals surface area contributed by atoms with Crippen molar-refractivity contribution in [1.82, 2.24) is 15.1 Å². The van der Waals surface area contributed by atoms with Crippen LogP contribution in [0.2, 0.25) is 0 Å². The monoisotopic (exact) mass is 300 g/mol. The predicted octanol–water partition coefficient (Wildman–Crippen LogP) is 1.80. The number of aromatic nitrogens is 2. The molecule has 1 saturated heterocycles. The summed E-state index contributed by atoms with van der Waals surface area (Å²) >= 11 is 0. The van der Waals surface area contributed by atoms with Crippen LogP contribution in [0, 0.1) is 5.92 Å². The maximum Gasteiger partial charge on any atom is 0.225 e. The zero-order valence-electron chi connectivity index (χ0n) is 13.3. The SMILES string of the molecule is CN(C(=O)C1CCC1)C1CN(c2cc3c(nn2)CCCC3)C1. The topological polar surface area (TPSA) is 49.3 Å². The van der Waals surface area contributed by atoms with Crippen molar-refractivity contribution in [2.75, 3.05) is 25.0 Å². The summed E-state index contributed by atoms with van der Waals surface area (Å²) in [6.07, 6.45) is 8.08. The number of likely N-dealkylation sites (N-methyl/N-ethyl adjacent to an activating group) is 1. The average molecular weight is 300 g/mol. The van der Waals surface area contributed by atoms with Crippen LogP contribution in [-0.2, 0) is 17.6 Å². The highest BCUT2D eigenvalue weighted by Gasteiger charge is 2.37. The van der Waals surface area contributed by atoms with E-state index in [0.717, 1.165) is 44.6 Å². The number of fused-ring (bicyclic) bond motifs is 1. The second-order valence-corrected chi connectivity index (χ2v) is 7.02. The molecular formula is C17H24N4O. The van der Waals surface area contributed by atoms with Crippen molar-refractivity contribution >= 4 is 11.7 Å². The molecule has 1 aromatic rings. The number of carbonyl (C=O) groups is 1. The highest BCUT2D eigenvalue weighted by molar-refractivity contribution is 5.80. The van der Waals surface area contributed by atoms with Gasteiger partial charge in [0.05, 0.1) is 11.7 Å². The van der Waals surface area contributed by atoms with Crippen LogP contribution in [0.3, 0.4) is 0 Å². The van der Waals surface area contributed by atoms with E-state index in [1.165, 1.54) is 30.5 Å². The van der Waals surface area contributed by atoms with Gasteiger partial charge < -0.3 is 9.80 Å². The lowest BCUT2D eigenvalue weighted by Crippen LogP contribution is -2.61. The molecule has 0 aromatic carbocycles. The number of anilines is 1. The van der Waals surface area contributed by atoms with Crippen molar-refractivity contribution in [2.45, 2.75) is 51.0 Å². The molecule has 3 aliphatic rings. The molecule has 1 aromatic heterocycles. The fourth-order valence-electron chi connectivity index (χ4n) is 3.64. The smallest absolute Gasteiger partial charge is 0.225 e. The first-order valence-electron chi connectivity index (χ1n) is 8.59. The Morgan fingerprint density at radius 1 is 1.18 bits per heavy atom. The number of aryl methyl sites for hydroxylation is 2. The first-order chi connectivity index (χ1) is 10.7. The summed E-state index contributed by atoms with van der Waals surface area (Å²) < 4.78 is 0. The molecule has 22 heavy (non-hydrogen) atoms. The summed E-state index contributed by atoms with van der Waals surface area (Å²) in [5, 5.41) is 8.79. The van der Waals surface area contributed by atoms with Gasteiger partial charge in [0.25, 0.3) is 0 Å². The van der Waals surface area contributed by atoms with Gasteiger partial charge >= 0.3 is 0 Å². The normalized spacial score (nSPS) is 21.8. The molecule has 1 amide bonds. The third-order valence-corrected chi connectivity index (χ3v) is 5.59. The number of rotatable bonds is 3. The molecule has 2 heterocycles. The van der Waals surface area contributed by atoms with Gasteiger partial charge in [0.2, 0.25) is 5.91 Å². The summed E-state index contributed by atoms with van der Waals surface area (Å²) in [6, 6.07) is 2.55. The summed E-state index contributed by atoms with van der Waals surface area (Å²) in [4.78, 5) is 16.5. The Bertz CT molecular complexity index is 578. The molecule has 2 aliphatic carbocycles. The molecule has 0 bridgehead atoms. The fourth-order valence-corrected chi connectivity index (χ4v) is 3.64. The highest BCUT2D eigenvalue weighted by Crippen LogP contribution is 2.30. The van der Waals surface area contributed by atoms with Crippen LogP contribution >= 0.6 is 0 Å². The minimum atomic E-state index is 0.294. The first-order valence-corrected chi connectivity index (χ1v) is 8.59. The summed E-state index contributed by atoms with van der Waals surface area (Å²) in [5.41, 5.74) is 2.56. The Kier molecular flexibility index (Phi) is 3.51. The first kappa shape index (κ1) is 14.0. The minimum Gasteiger partial charge on any atom is -0.351 e. The quantitative estimate of drug-likeness (QED) is 0.854. The maximum atomic E-state index is 12.3. The van der Waals surface area contributed by atoms with E-state index in [1.54, 1.807) is 0 Å². The molecule has 0 spiro atoms. The molecule has 1 aliphatic heterocycles. The standard InChI is InChI=1S/C17H24N4O/c1-20(17(22)12-6-4-7-12)14-10-21(11-14)16-9-13-5-2-3-8-15(13)18-19-16/h9,12,14H,2-8,10-11H2,1H3. The third-order valence-electron chi connectivity index (χ3n) is 5.59. The van der Waals surface area contributed by atoms with Gasteiger partial charge in [0.1, 0.15) is 0 Å². The van der Waals surface area contributed by atoms with Gasteiger partial charge in [-0.2, -0.15) is 5.10 Å². The lowest BCUT2D eigenvalue weighted by atomic mass is 9.84. The van der Waals surface area contributed by atoms with Gasteiger partial charge in [-0.15, -0.1) is 5.10 Å². The van der Waals surface area contributed by atoms with Gasteiger partial charge in [-0.05, 0) is 50.2 Å². The van der Waals surface area contributed by atoms with Crippen LogP contribution in [0.1, 0.15) is 43.4 Å². The number of amides is 1. The molecule has 5 nitrogen and oxygen atoms in total. The van der Waals surface area contributed by atoms with E-state index in [9.17, 15) is 4.79 Å². The second-order valence-electron chi connectivity index (χ2n) is 7.02. The van der Waals surface area contributed by atoms with Crippen molar-refractivity contribution in [3.8, 4) is 0 Å². The number of hydrogen-bond acceptors (Lipinski definition) is 4. The van der Waals surface area contributed by atoms with Crippen molar-refractivity contribution in [3.05, 3.63) is 17.3 Å². The molecule has 118 valence electrons. The van der Waals surface area contributed by atoms with E-state index >= 15 is 0 Å². The van der Waals surface area contributed by atoms with E-state index in [4.69, 9.17) is 0 Å². The number of carbonyl (C=O) groups excluding carboxylic acids is 1. The van der Waals surface area contributed by atoms with Gasteiger partial charge in [-0.3, -0.25) is 4.79 Å². The van der Waals surface area contributed by atoms with Crippen LogP contribution < -0.4 is 4.90 Å². The van der Waals surface area contributed by atoms with Crippen LogP contribution in [-0.4, -0.2) is 47.2 Å². The van der Waals surface area contributed by atoms with Gasteiger partial charge in [0, 0.05) is 26.1 Å². The van der Waals surface area contributed by atoms with Crippen molar-refractivity contribution in [3.63, 3.8) is 0 Å². The molecule has 1 saturated carbocycles. The fraction of sp³-hybridized carbons (Fsp3) is 0.706. The van der Waals surface area contributed by atoms with Crippen molar-refractivity contribution < 1.29 is 4.79 Å². The van der Waals surface area contributed by atoms with Crippen LogP contribution in [0.25, 0.3) is 0 Å². The van der Waals surface area contributed by atoms with Crippen molar-refractivity contribution in [2.24, 2.45) is 5.92 Å². The Morgan fingerprint density at radius 2 is 1.95 bits per heavy atom. The Morgan fingerprint density at radius 3 is 2.68 bits per heavy atom. The van der Waals surface area contributed by atoms with E-state index in [2.05, 4.69) is 21.2 Å². The lowest BCUT2D eigenvalue weighted by molar-refractivity contribution is -0.139. The summed E-state index contributed by atoms with van der Waals surface area (Å²) in [7, 11) is 1.96. The molecular weight excluding hydrogens is 276 g/mol. The number of nitrogens with zero attached hydrogens (tertiary/aromatic N) is 4. The zero-order chi connectivity index (χ0) is 15.1. The molecule has 5 heteroatoms. The molecule has 0 N–H and O–H groups in total. The van der Waals surface area contributed by atoms with Gasteiger partial charge in [-0.1, -0.05) is 6.42 Å². The Labute approximate surface area is 131 Å². The van der Waals surface area contributed by atoms with Crippen LogP contribution in [0.5, 0.6) is 0 Å². The van der Waals surface area contributed by atoms with E-state index in [1.807, 2.05) is 11.9 Å². The third kappa shape index (κ3) is 2.36. The summed E-state index contributed by atoms with van der Waals surface area (Å²) in [6.45, 7) is 1.78. The molecule has 0 radical (unpaired) electrons. The van der Waals surface area contributed by atoms with Gasteiger partial charge in [0.15, 0.2) is 5.82 Å². The number of hydrogen-bond donors (Lipinski definition) is 0. The predicted molar refractivity (Wildman–Crippen MR) is 84.8 cm³/mol. The molecule has 0 unspecified atom stereocenters. The van der Waals surface area contributed by atoms with Gasteiger partial charge in [-0.25, -0.2) is 0 Å². The van der Waals surface area contributed by atoms with Crippen LogP contribution in [0.4, 0.5) is 5.82 Å². The Balaban J connectivity index is 1.37. The highest BCUT2D eigenvalue weighted by atomic mass is 16.2. The summed E-state index contributed by atoms with van der Waals surface area (Å²) in [5.74, 6) is 1.62. The Hall–Kier alpha value is -1.65. The van der Waals surface area contributed by atoms with E-state index in [0.29, 0.717) is 17.9 Å². The lowest BCUT2D eigenvalue weighted by Gasteiger charge is -2.46. The molecule has 0 atom stereocenters. The second kappa shape index (κ2) is 5.52. The largest absolute Gasteiger partial charge is 0.351 e. The average Bonchev–Trinajstić information content (AvgIpc) is 2.43. The molecule has 4 rings (SSSR count). The van der Waals surface area contributed by atoms with E-state index < -0.39 is 0 Å². The molecule has 2 fully saturated rings.